The van der Waals surface area contributed by atoms with Crippen LogP contribution >= 0.6 is 23.2 Å². The first kappa shape index (κ1) is 21.1. The highest BCUT2D eigenvalue weighted by atomic mass is 35.5. The number of hydrogen-bond acceptors (Lipinski definition) is 6. The van der Waals surface area contributed by atoms with Gasteiger partial charge >= 0.3 is 5.63 Å². The van der Waals surface area contributed by atoms with E-state index >= 15 is 0 Å². The van der Waals surface area contributed by atoms with Gasteiger partial charge in [-0.15, -0.1) is 5.10 Å². The summed E-state index contributed by atoms with van der Waals surface area (Å²) in [5, 5.41) is 6.17. The van der Waals surface area contributed by atoms with Crippen molar-refractivity contribution < 1.29 is 9.15 Å². The second-order valence-corrected chi connectivity index (χ2v) is 10.1. The molecule has 170 valence electrons. The minimum Gasteiger partial charge on any atom is -0.437 e. The van der Waals surface area contributed by atoms with Crippen LogP contribution in [0, 0.1) is 0 Å². The molecule has 0 radical (unpaired) electrons. The van der Waals surface area contributed by atoms with Crippen LogP contribution in [0.2, 0.25) is 10.0 Å². The molecule has 7 nitrogen and oxygen atoms in total. The number of para-hydroxylation sites is 1. The molecule has 5 aromatic rings. The zero-order chi connectivity index (χ0) is 23.8. The minimum atomic E-state index is -0.655. The Labute approximate surface area is 203 Å². The van der Waals surface area contributed by atoms with Crippen LogP contribution in [-0.2, 0) is 5.41 Å². The van der Waals surface area contributed by atoms with Gasteiger partial charge in [0.1, 0.15) is 11.9 Å². The molecule has 0 aliphatic carbocycles. The lowest BCUT2D eigenvalue weighted by Crippen LogP contribution is -2.22. The average Bonchev–Trinajstić information content (AvgIpc) is 3.23. The summed E-state index contributed by atoms with van der Waals surface area (Å²) in [6.07, 6.45) is 1.57. The lowest BCUT2D eigenvalue weighted by Gasteiger charge is -2.27. The van der Waals surface area contributed by atoms with Crippen LogP contribution in [0.5, 0.6) is 11.6 Å². The Morgan fingerprint density at radius 2 is 1.85 bits per heavy atom. The van der Waals surface area contributed by atoms with E-state index in [0.29, 0.717) is 60.8 Å². The van der Waals surface area contributed by atoms with Gasteiger partial charge in [-0.25, -0.2) is 19.3 Å². The Balaban J connectivity index is 1.74. The van der Waals surface area contributed by atoms with E-state index in [9.17, 15) is 4.79 Å². The van der Waals surface area contributed by atoms with Gasteiger partial charge in [0.2, 0.25) is 5.88 Å². The van der Waals surface area contributed by atoms with Gasteiger partial charge in [0, 0.05) is 15.5 Å². The fourth-order valence-corrected chi connectivity index (χ4v) is 4.81. The van der Waals surface area contributed by atoms with E-state index in [1.165, 1.54) is 0 Å². The molecule has 1 atom stereocenters. The van der Waals surface area contributed by atoms with Gasteiger partial charge in [-0.05, 0) is 29.8 Å². The van der Waals surface area contributed by atoms with Gasteiger partial charge in [-0.2, -0.15) is 0 Å². The molecule has 3 aromatic heterocycles. The number of nitrogens with zero attached hydrogens (tertiary/aromatic N) is 4. The number of benzene rings is 2. The molecule has 1 unspecified atom stereocenters. The maximum atomic E-state index is 13.4. The standard InChI is InChI=1S/C25H18Cl2N4O3/c1-25(2,3)24-29-21-19-17(13-9-8-12(26)10-15(13)27)18-20(34-22(19)28-11-31(21)30-24)14-6-4-5-7-16(14)33-23(18)32/h4-11,17H,1-3H3. The van der Waals surface area contributed by atoms with Gasteiger partial charge in [-0.3, -0.25) is 0 Å². The van der Waals surface area contributed by atoms with Crippen LogP contribution in [0.4, 0.5) is 0 Å². The number of halogens is 2. The molecular weight excluding hydrogens is 475 g/mol. The molecule has 1 aliphatic heterocycles. The first-order valence-electron chi connectivity index (χ1n) is 10.7. The van der Waals surface area contributed by atoms with Crippen LogP contribution in [-0.4, -0.2) is 19.6 Å². The molecule has 0 bridgehead atoms. The molecule has 0 spiro atoms. The monoisotopic (exact) mass is 492 g/mol. The topological polar surface area (TPSA) is 82.5 Å². The van der Waals surface area contributed by atoms with E-state index in [2.05, 4.69) is 10.1 Å². The van der Waals surface area contributed by atoms with E-state index in [-0.39, 0.29) is 5.41 Å². The lowest BCUT2D eigenvalue weighted by atomic mass is 9.84. The van der Waals surface area contributed by atoms with Crippen LogP contribution in [0.1, 0.15) is 49.2 Å². The number of rotatable bonds is 1. The van der Waals surface area contributed by atoms with Crippen molar-refractivity contribution in [3.05, 3.63) is 91.8 Å². The third kappa shape index (κ3) is 3.11. The molecule has 0 amide bonds. The molecule has 0 saturated heterocycles. The summed E-state index contributed by atoms with van der Waals surface area (Å²) in [5.74, 6) is 0.708. The zero-order valence-corrected chi connectivity index (χ0v) is 20.0. The first-order valence-corrected chi connectivity index (χ1v) is 11.4. The fourth-order valence-electron chi connectivity index (χ4n) is 4.29. The predicted molar refractivity (Wildman–Crippen MR) is 129 cm³/mol. The van der Waals surface area contributed by atoms with Gasteiger partial charge in [0.15, 0.2) is 17.2 Å². The molecule has 34 heavy (non-hydrogen) atoms. The quantitative estimate of drug-likeness (QED) is 0.257. The van der Waals surface area contributed by atoms with Gasteiger partial charge in [-0.1, -0.05) is 62.2 Å². The highest BCUT2D eigenvalue weighted by Crippen LogP contribution is 2.50. The zero-order valence-electron chi connectivity index (χ0n) is 18.5. The van der Waals surface area contributed by atoms with Crippen molar-refractivity contribution in [2.75, 3.05) is 0 Å². The largest absolute Gasteiger partial charge is 0.437 e. The average molecular weight is 493 g/mol. The summed E-state index contributed by atoms with van der Waals surface area (Å²) in [6.45, 7) is 6.09. The second-order valence-electron chi connectivity index (χ2n) is 9.25. The summed E-state index contributed by atoms with van der Waals surface area (Å²) >= 11 is 12.9. The highest BCUT2D eigenvalue weighted by molar-refractivity contribution is 6.35. The minimum absolute atomic E-state index is 0.297. The molecule has 4 heterocycles. The van der Waals surface area contributed by atoms with E-state index in [1.54, 1.807) is 41.2 Å². The van der Waals surface area contributed by atoms with Crippen molar-refractivity contribution in [2.24, 2.45) is 0 Å². The van der Waals surface area contributed by atoms with E-state index < -0.39 is 11.5 Å². The number of ether oxygens (including phenoxy) is 1. The lowest BCUT2D eigenvalue weighted by molar-refractivity contribution is 0.422. The summed E-state index contributed by atoms with van der Waals surface area (Å²) < 4.78 is 13.6. The summed E-state index contributed by atoms with van der Waals surface area (Å²) in [5.41, 5.74) is 1.71. The number of fused-ring (bicyclic) bond motifs is 6. The normalized spacial score (nSPS) is 15.3. The van der Waals surface area contributed by atoms with Crippen molar-refractivity contribution in [3.8, 4) is 11.6 Å². The summed E-state index contributed by atoms with van der Waals surface area (Å²) in [4.78, 5) is 22.7. The van der Waals surface area contributed by atoms with Gasteiger partial charge in [0.05, 0.1) is 22.4 Å². The Kier molecular flexibility index (Phi) is 4.53. The maximum absolute atomic E-state index is 13.4. The molecule has 9 heteroatoms. The summed E-state index contributed by atoms with van der Waals surface area (Å²) in [6, 6.07) is 12.4. The predicted octanol–water partition coefficient (Wildman–Crippen LogP) is 6.12. The van der Waals surface area contributed by atoms with Crippen LogP contribution in [0.3, 0.4) is 0 Å². The first-order chi connectivity index (χ1) is 16.2. The van der Waals surface area contributed by atoms with Crippen LogP contribution < -0.4 is 10.4 Å². The Bertz CT molecular complexity index is 1680. The molecule has 0 N–H and O–H groups in total. The molecule has 0 fully saturated rings. The van der Waals surface area contributed by atoms with Crippen LogP contribution in [0.15, 0.2) is 58.0 Å². The fraction of sp³-hybridized carbons (Fsp3) is 0.200. The number of hydrogen-bond donors (Lipinski definition) is 0. The molecule has 6 rings (SSSR count). The highest BCUT2D eigenvalue weighted by Gasteiger charge is 2.38. The Hall–Kier alpha value is -3.42. The summed E-state index contributed by atoms with van der Waals surface area (Å²) in [7, 11) is 0. The van der Waals surface area contributed by atoms with Crippen molar-refractivity contribution >= 4 is 39.8 Å². The van der Waals surface area contributed by atoms with Crippen LogP contribution in [0.25, 0.3) is 16.6 Å². The Morgan fingerprint density at radius 3 is 2.62 bits per heavy atom. The molecule has 1 aliphatic rings. The molecule has 0 saturated carbocycles. The molecular formula is C25H18Cl2N4O3. The SMILES string of the molecule is CC(C)(C)c1nc2c3c(ncn2n1)Oc1c(c(=O)oc2ccccc12)C3c1ccc(Cl)cc1Cl. The number of aromatic nitrogens is 4. The van der Waals surface area contributed by atoms with E-state index in [1.807, 2.05) is 32.9 Å². The van der Waals surface area contributed by atoms with Crippen molar-refractivity contribution in [1.29, 1.82) is 0 Å². The molecule has 2 aromatic carbocycles. The Morgan fingerprint density at radius 1 is 1.06 bits per heavy atom. The van der Waals surface area contributed by atoms with E-state index in [4.69, 9.17) is 37.3 Å². The van der Waals surface area contributed by atoms with Gasteiger partial charge < -0.3 is 9.15 Å². The smallest absolute Gasteiger partial charge is 0.344 e. The maximum Gasteiger partial charge on any atom is 0.344 e. The second kappa shape index (κ2) is 7.29. The third-order valence-electron chi connectivity index (χ3n) is 5.91. The van der Waals surface area contributed by atoms with Gasteiger partial charge in [0.25, 0.3) is 0 Å². The van der Waals surface area contributed by atoms with E-state index in [0.717, 1.165) is 0 Å². The van der Waals surface area contributed by atoms with Crippen molar-refractivity contribution in [3.63, 3.8) is 0 Å². The van der Waals surface area contributed by atoms with Crippen molar-refractivity contribution in [2.45, 2.75) is 32.1 Å². The van der Waals surface area contributed by atoms with Crippen molar-refractivity contribution in [1.82, 2.24) is 19.6 Å². The third-order valence-corrected chi connectivity index (χ3v) is 6.47.